The van der Waals surface area contributed by atoms with Gasteiger partial charge in [0.15, 0.2) is 11.4 Å². The second-order valence-corrected chi connectivity index (χ2v) is 16.3. The zero-order chi connectivity index (χ0) is 33.9. The third-order valence-electron chi connectivity index (χ3n) is 9.01. The Morgan fingerprint density at radius 3 is 0.960 bits per heavy atom. The van der Waals surface area contributed by atoms with Crippen molar-refractivity contribution in [1.29, 1.82) is 0 Å². The van der Waals surface area contributed by atoms with E-state index < -0.39 is 15.8 Å². The van der Waals surface area contributed by atoms with Crippen molar-refractivity contribution in [2.45, 2.75) is 0 Å². The molecule has 2 nitrogen and oxygen atoms in total. The van der Waals surface area contributed by atoms with Crippen LogP contribution in [0.4, 0.5) is 11.4 Å². The summed E-state index contributed by atoms with van der Waals surface area (Å²) in [7, 11) is -1.96. The zero-order valence-corrected chi connectivity index (χ0v) is 28.9. The van der Waals surface area contributed by atoms with Crippen LogP contribution in [0.25, 0.3) is 42.4 Å². The summed E-state index contributed by atoms with van der Waals surface area (Å²) in [5.41, 5.74) is 3.63. The smallest absolute Gasteiger partial charge is 0.187 e. The van der Waals surface area contributed by atoms with E-state index in [4.69, 9.17) is 13.1 Å². The van der Waals surface area contributed by atoms with E-state index in [0.717, 1.165) is 21.5 Å². The van der Waals surface area contributed by atoms with Crippen LogP contribution in [0.3, 0.4) is 0 Å². The molecule has 4 heteroatoms. The minimum absolute atomic E-state index is 0.625. The number of benzene rings is 8. The van der Waals surface area contributed by atoms with E-state index in [9.17, 15) is 0 Å². The van der Waals surface area contributed by atoms with Crippen molar-refractivity contribution in [3.8, 4) is 11.1 Å². The van der Waals surface area contributed by atoms with Gasteiger partial charge in [-0.1, -0.05) is 170 Å². The Kier molecular flexibility index (Phi) is 8.74. The topological polar surface area (TPSA) is 8.72 Å². The van der Waals surface area contributed by atoms with Gasteiger partial charge < -0.3 is 0 Å². The van der Waals surface area contributed by atoms with Gasteiger partial charge in [0.05, 0.1) is 13.1 Å². The Bertz CT molecular complexity index is 2290. The second kappa shape index (κ2) is 13.9. The molecular formula is C46H30N2P2. The lowest BCUT2D eigenvalue weighted by Gasteiger charge is -2.28. The lowest BCUT2D eigenvalue weighted by Crippen LogP contribution is -2.26. The van der Waals surface area contributed by atoms with Crippen LogP contribution in [0, 0.1) is 13.1 Å². The Balaban J connectivity index is 1.56. The Morgan fingerprint density at radius 2 is 0.660 bits per heavy atom. The zero-order valence-electron chi connectivity index (χ0n) is 27.1. The van der Waals surface area contributed by atoms with Crippen LogP contribution < -0.4 is 31.8 Å². The molecule has 0 spiro atoms. The van der Waals surface area contributed by atoms with E-state index in [1.807, 2.05) is 24.3 Å². The van der Waals surface area contributed by atoms with Gasteiger partial charge in [0.25, 0.3) is 0 Å². The maximum Gasteiger partial charge on any atom is 0.187 e. The van der Waals surface area contributed by atoms with Crippen molar-refractivity contribution in [2.75, 3.05) is 0 Å². The van der Waals surface area contributed by atoms with Crippen molar-refractivity contribution in [3.05, 3.63) is 205 Å². The number of hydrogen-bond donors (Lipinski definition) is 0. The molecule has 0 unspecified atom stereocenters. The first-order valence-corrected chi connectivity index (χ1v) is 19.1. The summed E-state index contributed by atoms with van der Waals surface area (Å²) in [6.45, 7) is 15.6. The number of rotatable bonds is 7. The van der Waals surface area contributed by atoms with Crippen molar-refractivity contribution in [3.63, 3.8) is 0 Å². The van der Waals surface area contributed by atoms with E-state index >= 15 is 0 Å². The van der Waals surface area contributed by atoms with Gasteiger partial charge in [-0.3, -0.25) is 0 Å². The molecule has 0 N–H and O–H groups in total. The molecule has 0 aliphatic heterocycles. The first-order chi connectivity index (χ1) is 24.7. The van der Waals surface area contributed by atoms with Crippen molar-refractivity contribution >= 4 is 80.6 Å². The normalized spacial score (nSPS) is 11.1. The van der Waals surface area contributed by atoms with Crippen LogP contribution in [0.1, 0.15) is 0 Å². The van der Waals surface area contributed by atoms with E-state index in [-0.39, 0.29) is 0 Å². The molecule has 0 saturated carbocycles. The third kappa shape index (κ3) is 5.87. The third-order valence-corrected chi connectivity index (χ3v) is 14.0. The highest BCUT2D eigenvalue weighted by molar-refractivity contribution is 7.80. The minimum atomic E-state index is -0.982. The maximum atomic E-state index is 7.81. The standard InChI is InChI=1S/C46H30N2P2/c1-47-35-25-27-41-33(31-35)23-29-43(49(37-15-7-3-8-16-37)38-17-9-4-10-18-38)45(41)46-42-28-26-36(48-2)32-34(42)24-30-44(46)50(39-19-11-5-12-20-39)40-21-13-6-14-22-40/h3-32H. The van der Waals surface area contributed by atoms with E-state index in [1.54, 1.807) is 0 Å². The Morgan fingerprint density at radius 1 is 0.340 bits per heavy atom. The molecule has 0 saturated heterocycles. The average molecular weight is 673 g/mol. The summed E-state index contributed by atoms with van der Waals surface area (Å²) in [4.78, 5) is 7.60. The molecule has 0 atom stereocenters. The van der Waals surface area contributed by atoms with Crippen LogP contribution in [0.5, 0.6) is 0 Å². The lowest BCUT2D eigenvalue weighted by molar-refractivity contribution is 1.72. The molecule has 8 aromatic carbocycles. The molecule has 0 amide bonds. The van der Waals surface area contributed by atoms with Gasteiger partial charge in [0.1, 0.15) is 0 Å². The van der Waals surface area contributed by atoms with Crippen LogP contribution in [0.15, 0.2) is 182 Å². The Labute approximate surface area is 295 Å². The van der Waals surface area contributed by atoms with E-state index in [2.05, 4.69) is 167 Å². The van der Waals surface area contributed by atoms with Crippen molar-refractivity contribution in [2.24, 2.45) is 0 Å². The molecule has 234 valence electrons. The largest absolute Gasteiger partial charge is 0.238 e. The monoisotopic (exact) mass is 672 g/mol. The fourth-order valence-corrected chi connectivity index (χ4v) is 11.8. The van der Waals surface area contributed by atoms with Gasteiger partial charge in [0, 0.05) is 0 Å². The van der Waals surface area contributed by atoms with Crippen molar-refractivity contribution < 1.29 is 0 Å². The summed E-state index contributed by atoms with van der Waals surface area (Å²) in [6, 6.07) is 64.7. The molecule has 0 aliphatic carbocycles. The Hall–Kier alpha value is -5.88. The van der Waals surface area contributed by atoms with Gasteiger partial charge in [0.2, 0.25) is 0 Å². The average Bonchev–Trinajstić information content (AvgIpc) is 3.19. The molecule has 0 heterocycles. The second-order valence-electron chi connectivity index (χ2n) is 12.0. The highest BCUT2D eigenvalue weighted by Gasteiger charge is 2.28. The first-order valence-electron chi connectivity index (χ1n) is 16.4. The molecule has 50 heavy (non-hydrogen) atoms. The fourth-order valence-electron chi connectivity index (χ4n) is 6.81. The van der Waals surface area contributed by atoms with Gasteiger partial charge in [-0.2, -0.15) is 0 Å². The van der Waals surface area contributed by atoms with Crippen molar-refractivity contribution in [1.82, 2.24) is 0 Å². The van der Waals surface area contributed by atoms with Gasteiger partial charge in [-0.05, 0) is 92.5 Å². The van der Waals surface area contributed by atoms with E-state index in [1.165, 1.54) is 43.0 Å². The SMILES string of the molecule is [C-]#[N+]c1ccc2c(-c3c(P(c4ccccc4)c4ccccc4)ccc4cc([N+]#[C-])ccc34)c(P(c3ccccc3)c3ccccc3)ccc2c1. The molecule has 0 fully saturated rings. The van der Waals surface area contributed by atoms with Gasteiger partial charge in [-0.15, -0.1) is 0 Å². The summed E-state index contributed by atoms with van der Waals surface area (Å²) in [6.07, 6.45) is 0. The highest BCUT2D eigenvalue weighted by atomic mass is 31.1. The summed E-state index contributed by atoms with van der Waals surface area (Å²) >= 11 is 0. The molecule has 8 aromatic rings. The van der Waals surface area contributed by atoms with Gasteiger partial charge in [-0.25, -0.2) is 9.69 Å². The maximum absolute atomic E-state index is 7.81. The number of hydrogen-bond acceptors (Lipinski definition) is 0. The number of nitrogens with zero attached hydrogens (tertiary/aromatic N) is 2. The highest BCUT2D eigenvalue weighted by Crippen LogP contribution is 2.46. The molecule has 0 aliphatic rings. The van der Waals surface area contributed by atoms with Crippen LogP contribution >= 0.6 is 15.8 Å². The van der Waals surface area contributed by atoms with E-state index in [0.29, 0.717) is 11.4 Å². The summed E-state index contributed by atoms with van der Waals surface area (Å²) in [5.74, 6) is 0. The number of fused-ring (bicyclic) bond motifs is 2. The molecule has 8 rings (SSSR count). The van der Waals surface area contributed by atoms with Crippen LogP contribution in [0.2, 0.25) is 0 Å². The summed E-state index contributed by atoms with van der Waals surface area (Å²) in [5, 5.41) is 11.9. The fraction of sp³-hybridized carbons (Fsp3) is 0. The van der Waals surface area contributed by atoms with Crippen LogP contribution in [-0.2, 0) is 0 Å². The molecule has 0 radical (unpaired) electrons. The van der Waals surface area contributed by atoms with Crippen LogP contribution in [-0.4, -0.2) is 0 Å². The predicted octanol–water partition coefficient (Wildman–Crippen LogP) is 10.3. The summed E-state index contributed by atoms with van der Waals surface area (Å²) < 4.78 is 0. The lowest BCUT2D eigenvalue weighted by atomic mass is 9.93. The quantitative estimate of drug-likeness (QED) is 0.118. The minimum Gasteiger partial charge on any atom is -0.238 e. The predicted molar refractivity (Wildman–Crippen MR) is 217 cm³/mol. The first kappa shape index (κ1) is 31.4. The van der Waals surface area contributed by atoms with Gasteiger partial charge >= 0.3 is 0 Å². The molecular weight excluding hydrogens is 642 g/mol. The molecule has 0 bridgehead atoms. The molecule has 0 aromatic heterocycles.